The van der Waals surface area contributed by atoms with Crippen molar-refractivity contribution in [3.63, 3.8) is 0 Å². The van der Waals surface area contributed by atoms with Gasteiger partial charge in [0.25, 0.3) is 0 Å². The molecule has 0 saturated heterocycles. The van der Waals surface area contributed by atoms with Crippen molar-refractivity contribution in [3.8, 4) is 0 Å². The summed E-state index contributed by atoms with van der Waals surface area (Å²) in [6.07, 6.45) is 1.85. The largest absolute Gasteiger partial charge is 0.296 e. The molecule has 0 unspecified atom stereocenters. The lowest BCUT2D eigenvalue weighted by molar-refractivity contribution is 1.44. The van der Waals surface area contributed by atoms with E-state index in [1.54, 1.807) is 7.05 Å². The zero-order chi connectivity index (χ0) is 7.40. The SMILES string of the molecule is C/N=C\c1ccc(C)cc1. The third-order valence-corrected chi connectivity index (χ3v) is 1.36. The van der Waals surface area contributed by atoms with Crippen molar-refractivity contribution >= 4 is 6.21 Å². The molecule has 0 spiro atoms. The first-order valence-corrected chi connectivity index (χ1v) is 3.32. The van der Waals surface area contributed by atoms with Crippen LogP contribution in [0.5, 0.6) is 0 Å². The van der Waals surface area contributed by atoms with Crippen LogP contribution in [-0.4, -0.2) is 13.3 Å². The summed E-state index contributed by atoms with van der Waals surface area (Å²) >= 11 is 0. The fourth-order valence-electron chi connectivity index (χ4n) is 0.802. The predicted molar refractivity (Wildman–Crippen MR) is 44.7 cm³/mol. The van der Waals surface area contributed by atoms with Gasteiger partial charge in [-0.05, 0) is 12.5 Å². The van der Waals surface area contributed by atoms with Crippen LogP contribution in [0.1, 0.15) is 11.1 Å². The average Bonchev–Trinajstić information content (AvgIpc) is 1.95. The smallest absolute Gasteiger partial charge is 0.0281 e. The Morgan fingerprint density at radius 2 is 1.80 bits per heavy atom. The molecule has 0 saturated carbocycles. The lowest BCUT2D eigenvalue weighted by Crippen LogP contribution is -1.79. The van der Waals surface area contributed by atoms with Gasteiger partial charge in [-0.3, -0.25) is 4.99 Å². The Morgan fingerprint density at radius 3 is 2.30 bits per heavy atom. The van der Waals surface area contributed by atoms with Crippen LogP contribution in [0.4, 0.5) is 0 Å². The number of hydrogen-bond donors (Lipinski definition) is 0. The molecule has 0 N–H and O–H groups in total. The molecule has 1 aromatic carbocycles. The number of aliphatic imine (C=N–C) groups is 1. The molecule has 10 heavy (non-hydrogen) atoms. The Labute approximate surface area is 61.4 Å². The molecule has 1 rings (SSSR count). The van der Waals surface area contributed by atoms with E-state index in [4.69, 9.17) is 0 Å². The summed E-state index contributed by atoms with van der Waals surface area (Å²) in [4.78, 5) is 3.91. The van der Waals surface area contributed by atoms with Crippen LogP contribution in [0, 0.1) is 6.92 Å². The molecule has 1 nitrogen and oxygen atoms in total. The average molecular weight is 133 g/mol. The van der Waals surface area contributed by atoms with Crippen LogP contribution in [0.3, 0.4) is 0 Å². The molecule has 0 fully saturated rings. The summed E-state index contributed by atoms with van der Waals surface area (Å²) in [7, 11) is 1.78. The molecule has 0 aromatic heterocycles. The molecule has 0 radical (unpaired) electrons. The van der Waals surface area contributed by atoms with Crippen molar-refractivity contribution in [2.75, 3.05) is 7.05 Å². The first kappa shape index (κ1) is 7.00. The molecule has 0 aliphatic rings. The molecular formula is C9H11N. The molecule has 1 aromatic rings. The quantitative estimate of drug-likeness (QED) is 0.520. The minimum absolute atomic E-state index is 1.16. The highest BCUT2D eigenvalue weighted by molar-refractivity contribution is 5.79. The second-order valence-electron chi connectivity index (χ2n) is 2.30. The molecule has 0 amide bonds. The van der Waals surface area contributed by atoms with E-state index in [1.807, 2.05) is 6.21 Å². The number of aryl methyl sites for hydroxylation is 1. The predicted octanol–water partition coefficient (Wildman–Crippen LogP) is 2.04. The lowest BCUT2D eigenvalue weighted by Gasteiger charge is -1.91. The highest BCUT2D eigenvalue weighted by atomic mass is 14.6. The first-order valence-electron chi connectivity index (χ1n) is 3.32. The molecule has 1 heteroatoms. The molecule has 0 heterocycles. The maximum atomic E-state index is 3.91. The lowest BCUT2D eigenvalue weighted by atomic mass is 10.2. The van der Waals surface area contributed by atoms with E-state index in [2.05, 4.69) is 36.2 Å². The zero-order valence-corrected chi connectivity index (χ0v) is 6.33. The van der Waals surface area contributed by atoms with Crippen LogP contribution >= 0.6 is 0 Å². The van der Waals surface area contributed by atoms with Gasteiger partial charge < -0.3 is 0 Å². The Hall–Kier alpha value is -1.11. The summed E-state index contributed by atoms with van der Waals surface area (Å²) in [5.74, 6) is 0. The van der Waals surface area contributed by atoms with E-state index < -0.39 is 0 Å². The van der Waals surface area contributed by atoms with Crippen LogP contribution in [-0.2, 0) is 0 Å². The van der Waals surface area contributed by atoms with Crippen LogP contribution in [0.2, 0.25) is 0 Å². The summed E-state index contributed by atoms with van der Waals surface area (Å²) in [5.41, 5.74) is 2.45. The van der Waals surface area contributed by atoms with Crippen LogP contribution < -0.4 is 0 Å². The topological polar surface area (TPSA) is 12.4 Å². The van der Waals surface area contributed by atoms with Crippen molar-refractivity contribution in [1.29, 1.82) is 0 Å². The molecule has 52 valence electrons. The minimum Gasteiger partial charge on any atom is -0.296 e. The molecular weight excluding hydrogens is 122 g/mol. The highest BCUT2D eigenvalue weighted by Crippen LogP contribution is 1.99. The Balaban J connectivity index is 2.89. The van der Waals surface area contributed by atoms with E-state index in [-0.39, 0.29) is 0 Å². The van der Waals surface area contributed by atoms with Crippen LogP contribution in [0.25, 0.3) is 0 Å². The van der Waals surface area contributed by atoms with Crippen molar-refractivity contribution in [2.24, 2.45) is 4.99 Å². The van der Waals surface area contributed by atoms with Gasteiger partial charge in [-0.2, -0.15) is 0 Å². The van der Waals surface area contributed by atoms with E-state index in [9.17, 15) is 0 Å². The molecule has 0 aliphatic heterocycles. The summed E-state index contributed by atoms with van der Waals surface area (Å²) < 4.78 is 0. The first-order chi connectivity index (χ1) is 4.83. The fraction of sp³-hybridized carbons (Fsp3) is 0.222. The highest BCUT2D eigenvalue weighted by Gasteiger charge is 1.84. The second kappa shape index (κ2) is 3.16. The Kier molecular flexibility index (Phi) is 2.21. The van der Waals surface area contributed by atoms with Gasteiger partial charge in [0, 0.05) is 13.3 Å². The van der Waals surface area contributed by atoms with Gasteiger partial charge in [-0.25, -0.2) is 0 Å². The van der Waals surface area contributed by atoms with Gasteiger partial charge in [0.2, 0.25) is 0 Å². The van der Waals surface area contributed by atoms with Gasteiger partial charge in [-0.1, -0.05) is 29.8 Å². The minimum atomic E-state index is 1.16. The summed E-state index contributed by atoms with van der Waals surface area (Å²) in [5, 5.41) is 0. The van der Waals surface area contributed by atoms with E-state index in [1.165, 1.54) is 5.56 Å². The van der Waals surface area contributed by atoms with E-state index in [0.29, 0.717) is 0 Å². The van der Waals surface area contributed by atoms with Crippen molar-refractivity contribution in [3.05, 3.63) is 35.4 Å². The maximum Gasteiger partial charge on any atom is 0.0281 e. The van der Waals surface area contributed by atoms with Gasteiger partial charge in [0.15, 0.2) is 0 Å². The van der Waals surface area contributed by atoms with Gasteiger partial charge in [0.1, 0.15) is 0 Å². The number of rotatable bonds is 1. The third kappa shape index (κ3) is 1.69. The van der Waals surface area contributed by atoms with Gasteiger partial charge in [-0.15, -0.1) is 0 Å². The maximum absolute atomic E-state index is 3.91. The molecule has 0 bridgehead atoms. The standard InChI is InChI=1S/C9H11N/c1-8-3-5-9(6-4-8)7-10-2/h3-7H,1-2H3/b10-7-. The van der Waals surface area contributed by atoms with Gasteiger partial charge >= 0.3 is 0 Å². The van der Waals surface area contributed by atoms with E-state index in [0.717, 1.165) is 5.56 Å². The van der Waals surface area contributed by atoms with Crippen molar-refractivity contribution < 1.29 is 0 Å². The summed E-state index contributed by atoms with van der Waals surface area (Å²) in [6, 6.07) is 8.28. The summed E-state index contributed by atoms with van der Waals surface area (Å²) in [6.45, 7) is 2.08. The number of nitrogens with zero attached hydrogens (tertiary/aromatic N) is 1. The van der Waals surface area contributed by atoms with Crippen molar-refractivity contribution in [1.82, 2.24) is 0 Å². The third-order valence-electron chi connectivity index (χ3n) is 1.36. The van der Waals surface area contributed by atoms with E-state index >= 15 is 0 Å². The number of hydrogen-bond acceptors (Lipinski definition) is 1. The molecule has 0 atom stereocenters. The fourth-order valence-corrected chi connectivity index (χ4v) is 0.802. The second-order valence-corrected chi connectivity index (χ2v) is 2.30. The molecule has 0 aliphatic carbocycles. The number of benzene rings is 1. The zero-order valence-electron chi connectivity index (χ0n) is 6.33. The monoisotopic (exact) mass is 133 g/mol. The Bertz CT molecular complexity index is 221. The Morgan fingerprint density at radius 1 is 1.20 bits per heavy atom. The van der Waals surface area contributed by atoms with Crippen LogP contribution in [0.15, 0.2) is 29.3 Å². The van der Waals surface area contributed by atoms with Gasteiger partial charge in [0.05, 0.1) is 0 Å². The normalized spacial score (nSPS) is 10.6. The van der Waals surface area contributed by atoms with Crippen molar-refractivity contribution in [2.45, 2.75) is 6.92 Å².